The van der Waals surface area contributed by atoms with E-state index in [-0.39, 0.29) is 5.91 Å². The van der Waals surface area contributed by atoms with E-state index < -0.39 is 12.1 Å². The largest absolute Gasteiger partial charge is 0.487 e. The van der Waals surface area contributed by atoms with Gasteiger partial charge in [-0.2, -0.15) is 0 Å². The second-order valence-electron chi connectivity index (χ2n) is 7.98. The molecule has 0 spiro atoms. The van der Waals surface area contributed by atoms with Gasteiger partial charge in [0.05, 0.1) is 5.69 Å². The van der Waals surface area contributed by atoms with Crippen LogP contribution in [0.2, 0.25) is 0 Å². The summed E-state index contributed by atoms with van der Waals surface area (Å²) >= 11 is 0. The minimum Gasteiger partial charge on any atom is -0.487 e. The van der Waals surface area contributed by atoms with Crippen molar-refractivity contribution in [2.24, 2.45) is 0 Å². The van der Waals surface area contributed by atoms with Crippen molar-refractivity contribution >= 4 is 23.6 Å². The van der Waals surface area contributed by atoms with Crippen molar-refractivity contribution < 1.29 is 19.1 Å². The lowest BCUT2D eigenvalue weighted by molar-refractivity contribution is -0.148. The summed E-state index contributed by atoms with van der Waals surface area (Å²) in [5.74, 6) is 0.0534. The molecule has 0 aliphatic heterocycles. The number of ether oxygens (including phenoxy) is 2. The van der Waals surface area contributed by atoms with Crippen molar-refractivity contribution in [2.45, 2.75) is 45.8 Å². The molecule has 1 heterocycles. The summed E-state index contributed by atoms with van der Waals surface area (Å²) < 4.78 is 11.0. The molecule has 2 atom stereocenters. The normalized spacial score (nSPS) is 12.7. The molecule has 0 saturated carbocycles. The van der Waals surface area contributed by atoms with E-state index >= 15 is 0 Å². The number of pyridine rings is 1. The number of amides is 1. The minimum absolute atomic E-state index is 0.309. The maximum atomic E-state index is 12.6. The van der Waals surface area contributed by atoms with Crippen molar-refractivity contribution in [2.75, 3.05) is 5.32 Å². The molecular formula is C28H30N2O4. The number of carbonyl (C=O) groups excluding carboxylic acids is 2. The molecule has 0 radical (unpaired) electrons. The van der Waals surface area contributed by atoms with E-state index in [1.807, 2.05) is 66.7 Å². The van der Waals surface area contributed by atoms with Gasteiger partial charge in [0.25, 0.3) is 5.91 Å². The van der Waals surface area contributed by atoms with Crippen LogP contribution in [0.5, 0.6) is 5.75 Å². The van der Waals surface area contributed by atoms with Crippen molar-refractivity contribution in [1.82, 2.24) is 4.98 Å². The van der Waals surface area contributed by atoms with Crippen molar-refractivity contribution in [1.29, 1.82) is 0 Å². The van der Waals surface area contributed by atoms with E-state index in [0.29, 0.717) is 18.3 Å². The number of nitrogens with one attached hydrogen (secondary N) is 1. The fraction of sp³-hybridized carbons (Fsp3) is 0.250. The van der Waals surface area contributed by atoms with E-state index in [1.165, 1.54) is 6.08 Å². The van der Waals surface area contributed by atoms with Crippen molar-refractivity contribution in [3.05, 3.63) is 95.8 Å². The topological polar surface area (TPSA) is 77.5 Å². The standard InChI is InChI=1S/C28H30N2O4/c1-4-20(2)25-10-5-6-11-26(25)30-28(32)21(3)34-27(31)17-14-22-12-15-24(16-13-22)33-19-23-9-7-8-18-29-23/h5-18,20-21H,4,19H2,1-3H3,(H,30,32). The Morgan fingerprint density at radius 2 is 1.74 bits per heavy atom. The first kappa shape index (κ1) is 24.7. The second kappa shape index (κ2) is 12.3. The summed E-state index contributed by atoms with van der Waals surface area (Å²) in [4.78, 5) is 29.0. The summed E-state index contributed by atoms with van der Waals surface area (Å²) in [6.45, 7) is 6.14. The molecule has 6 nitrogen and oxygen atoms in total. The van der Waals surface area contributed by atoms with Gasteiger partial charge in [-0.3, -0.25) is 9.78 Å². The number of hydrogen-bond donors (Lipinski definition) is 1. The highest BCUT2D eigenvalue weighted by molar-refractivity contribution is 5.97. The number of aromatic nitrogens is 1. The van der Waals surface area contributed by atoms with Gasteiger partial charge < -0.3 is 14.8 Å². The van der Waals surface area contributed by atoms with Crippen LogP contribution in [0, 0.1) is 0 Å². The number of anilines is 1. The van der Waals surface area contributed by atoms with Crippen LogP contribution in [0.1, 0.15) is 49.9 Å². The Morgan fingerprint density at radius 1 is 1.00 bits per heavy atom. The Hall–Kier alpha value is -3.93. The fourth-order valence-corrected chi connectivity index (χ4v) is 3.24. The summed E-state index contributed by atoms with van der Waals surface area (Å²) in [6, 6.07) is 20.6. The average molecular weight is 459 g/mol. The first-order chi connectivity index (χ1) is 16.5. The van der Waals surface area contributed by atoms with Gasteiger partial charge in [-0.15, -0.1) is 0 Å². The molecule has 1 amide bonds. The highest BCUT2D eigenvalue weighted by Gasteiger charge is 2.18. The third-order valence-electron chi connectivity index (χ3n) is 5.43. The third kappa shape index (κ3) is 7.30. The van der Waals surface area contributed by atoms with Gasteiger partial charge in [0.1, 0.15) is 12.4 Å². The third-order valence-corrected chi connectivity index (χ3v) is 5.43. The van der Waals surface area contributed by atoms with Gasteiger partial charge in [-0.25, -0.2) is 4.79 Å². The summed E-state index contributed by atoms with van der Waals surface area (Å²) in [5.41, 5.74) is 3.45. The van der Waals surface area contributed by atoms with Crippen molar-refractivity contribution in [3.8, 4) is 5.75 Å². The van der Waals surface area contributed by atoms with Gasteiger partial charge >= 0.3 is 5.97 Å². The van der Waals surface area contributed by atoms with E-state index in [4.69, 9.17) is 9.47 Å². The predicted molar refractivity (Wildman–Crippen MR) is 133 cm³/mol. The minimum atomic E-state index is -0.926. The van der Waals surface area contributed by atoms with Crippen LogP contribution in [-0.2, 0) is 20.9 Å². The molecule has 0 saturated heterocycles. The molecule has 3 rings (SSSR count). The molecule has 0 bridgehead atoms. The number of nitrogens with zero attached hydrogens (tertiary/aromatic N) is 1. The zero-order chi connectivity index (χ0) is 24.3. The quantitative estimate of drug-likeness (QED) is 0.309. The van der Waals surface area contributed by atoms with Gasteiger partial charge in [0.15, 0.2) is 6.10 Å². The van der Waals surface area contributed by atoms with Crippen LogP contribution in [-0.4, -0.2) is 23.0 Å². The Morgan fingerprint density at radius 3 is 2.44 bits per heavy atom. The monoisotopic (exact) mass is 458 g/mol. The van der Waals surface area contributed by atoms with E-state index in [0.717, 1.165) is 28.9 Å². The highest BCUT2D eigenvalue weighted by Crippen LogP contribution is 2.26. The Balaban J connectivity index is 1.50. The van der Waals surface area contributed by atoms with E-state index in [1.54, 1.807) is 19.2 Å². The maximum absolute atomic E-state index is 12.6. The van der Waals surface area contributed by atoms with Gasteiger partial charge in [0.2, 0.25) is 0 Å². The molecule has 1 N–H and O–H groups in total. The van der Waals surface area contributed by atoms with Gasteiger partial charge in [-0.05, 0) is 66.8 Å². The number of rotatable bonds is 10. The van der Waals surface area contributed by atoms with Crippen LogP contribution in [0.4, 0.5) is 5.69 Å². The zero-order valence-corrected chi connectivity index (χ0v) is 19.7. The first-order valence-electron chi connectivity index (χ1n) is 11.4. The molecule has 3 aromatic rings. The van der Waals surface area contributed by atoms with Crippen LogP contribution >= 0.6 is 0 Å². The Bertz CT molecular complexity index is 1110. The lowest BCUT2D eigenvalue weighted by atomic mass is 9.97. The Kier molecular flexibility index (Phi) is 8.97. The molecule has 0 aliphatic carbocycles. The molecule has 1 aromatic heterocycles. The molecule has 6 heteroatoms. The van der Waals surface area contributed by atoms with Crippen LogP contribution in [0.25, 0.3) is 6.08 Å². The molecule has 0 aliphatic rings. The number of carbonyl (C=O) groups is 2. The fourth-order valence-electron chi connectivity index (χ4n) is 3.24. The van der Waals surface area contributed by atoms with Crippen molar-refractivity contribution in [3.63, 3.8) is 0 Å². The van der Waals surface area contributed by atoms with E-state index in [9.17, 15) is 9.59 Å². The van der Waals surface area contributed by atoms with Crippen LogP contribution < -0.4 is 10.1 Å². The molecule has 2 aromatic carbocycles. The van der Waals surface area contributed by atoms with Gasteiger partial charge in [0, 0.05) is 18.0 Å². The average Bonchev–Trinajstić information content (AvgIpc) is 2.87. The molecule has 2 unspecified atom stereocenters. The SMILES string of the molecule is CCC(C)c1ccccc1NC(=O)C(C)OC(=O)C=Cc1ccc(OCc2ccccn2)cc1. The molecular weight excluding hydrogens is 428 g/mol. The van der Waals surface area contributed by atoms with Crippen LogP contribution in [0.15, 0.2) is 79.0 Å². The molecule has 176 valence electrons. The summed E-state index contributed by atoms with van der Waals surface area (Å²) in [6.07, 6.45) is 4.69. The predicted octanol–water partition coefficient (Wildman–Crippen LogP) is 5.76. The van der Waals surface area contributed by atoms with E-state index in [2.05, 4.69) is 24.1 Å². The van der Waals surface area contributed by atoms with Gasteiger partial charge in [-0.1, -0.05) is 50.2 Å². The second-order valence-corrected chi connectivity index (χ2v) is 7.98. The number of hydrogen-bond acceptors (Lipinski definition) is 5. The molecule has 34 heavy (non-hydrogen) atoms. The van der Waals surface area contributed by atoms with Crippen LogP contribution in [0.3, 0.4) is 0 Å². The Labute approximate surface area is 200 Å². The summed E-state index contributed by atoms with van der Waals surface area (Å²) in [5, 5.41) is 2.88. The highest BCUT2D eigenvalue weighted by atomic mass is 16.5. The zero-order valence-electron chi connectivity index (χ0n) is 19.7. The molecule has 0 fully saturated rings. The lowest BCUT2D eigenvalue weighted by Crippen LogP contribution is -2.29. The number of para-hydroxylation sites is 1. The smallest absolute Gasteiger partial charge is 0.331 e. The number of esters is 1. The first-order valence-corrected chi connectivity index (χ1v) is 11.4. The maximum Gasteiger partial charge on any atom is 0.331 e. The summed E-state index contributed by atoms with van der Waals surface area (Å²) in [7, 11) is 0. The lowest BCUT2D eigenvalue weighted by Gasteiger charge is -2.17. The number of benzene rings is 2.